The van der Waals surface area contributed by atoms with Crippen molar-refractivity contribution in [2.75, 3.05) is 20.8 Å². The van der Waals surface area contributed by atoms with E-state index < -0.39 is 24.5 Å². The second kappa shape index (κ2) is 6.53. The van der Waals surface area contributed by atoms with Crippen LogP contribution in [0.3, 0.4) is 0 Å². The fourth-order valence-corrected chi connectivity index (χ4v) is 1.57. The van der Waals surface area contributed by atoms with Gasteiger partial charge in [0.1, 0.15) is 6.10 Å². The summed E-state index contributed by atoms with van der Waals surface area (Å²) in [5, 5.41) is 11.3. The number of carboxylic acid groups (broad SMARTS) is 1. The summed E-state index contributed by atoms with van der Waals surface area (Å²) in [6.07, 6.45) is -1.34. The summed E-state index contributed by atoms with van der Waals surface area (Å²) in [7, 11) is 2.93. The van der Waals surface area contributed by atoms with Gasteiger partial charge >= 0.3 is 5.97 Å². The monoisotopic (exact) mass is 247 g/mol. The molecule has 0 unspecified atom stereocenters. The Kier molecular flexibility index (Phi) is 5.33. The van der Waals surface area contributed by atoms with Crippen LogP contribution in [0.25, 0.3) is 0 Å². The van der Waals surface area contributed by atoms with Gasteiger partial charge in [0, 0.05) is 14.2 Å². The minimum absolute atomic E-state index is 0.198. The molecule has 0 aromatic carbocycles. The van der Waals surface area contributed by atoms with Crippen molar-refractivity contribution in [3.8, 4) is 0 Å². The van der Waals surface area contributed by atoms with E-state index in [0.717, 1.165) is 0 Å². The van der Waals surface area contributed by atoms with Crippen molar-refractivity contribution in [3.63, 3.8) is 0 Å². The average Bonchev–Trinajstić information content (AvgIpc) is 2.79. The summed E-state index contributed by atoms with van der Waals surface area (Å²) in [6, 6.07) is 0. The van der Waals surface area contributed by atoms with Crippen LogP contribution < -0.4 is 5.32 Å². The Labute approximate surface area is 99.0 Å². The Hall–Kier alpha value is -1.18. The number of ether oxygens (including phenoxy) is 3. The second-order valence-corrected chi connectivity index (χ2v) is 3.68. The number of hydrogen-bond acceptors (Lipinski definition) is 5. The molecule has 0 aliphatic carbocycles. The van der Waals surface area contributed by atoms with Crippen LogP contribution in [0.1, 0.15) is 12.8 Å². The van der Waals surface area contributed by atoms with E-state index in [1.54, 1.807) is 0 Å². The highest BCUT2D eigenvalue weighted by atomic mass is 16.7. The standard InChI is InChI=1S/C10H17NO6/c1-15-8(16-2)5-11-9(12)6-3-4-7(17-6)10(13)14/h6-8H,3-5H2,1-2H3,(H,11,12)(H,13,14)/t6-,7+/m0/s1. The van der Waals surface area contributed by atoms with Gasteiger partial charge in [-0.1, -0.05) is 0 Å². The van der Waals surface area contributed by atoms with Gasteiger partial charge in [-0.25, -0.2) is 4.79 Å². The number of carbonyl (C=O) groups excluding carboxylic acids is 1. The molecular weight excluding hydrogens is 230 g/mol. The van der Waals surface area contributed by atoms with Crippen LogP contribution in [0.5, 0.6) is 0 Å². The Morgan fingerprint density at radius 1 is 1.35 bits per heavy atom. The van der Waals surface area contributed by atoms with E-state index in [-0.39, 0.29) is 12.5 Å². The molecular formula is C10H17NO6. The summed E-state index contributed by atoms with van der Waals surface area (Å²) in [4.78, 5) is 22.2. The molecule has 1 aliphatic heterocycles. The van der Waals surface area contributed by atoms with E-state index >= 15 is 0 Å². The van der Waals surface area contributed by atoms with E-state index in [2.05, 4.69) is 5.32 Å². The molecule has 1 heterocycles. The zero-order valence-electron chi connectivity index (χ0n) is 9.84. The van der Waals surface area contributed by atoms with Crippen molar-refractivity contribution in [1.82, 2.24) is 5.32 Å². The fourth-order valence-electron chi connectivity index (χ4n) is 1.57. The van der Waals surface area contributed by atoms with E-state index in [1.807, 2.05) is 0 Å². The maximum atomic E-state index is 11.6. The van der Waals surface area contributed by atoms with Crippen LogP contribution >= 0.6 is 0 Å². The SMILES string of the molecule is COC(CNC(=O)[C@@H]1CC[C@H](C(=O)O)O1)OC. The molecule has 1 amide bonds. The number of rotatable bonds is 6. The van der Waals surface area contributed by atoms with Gasteiger partial charge in [0.2, 0.25) is 5.91 Å². The molecule has 0 radical (unpaired) electrons. The summed E-state index contributed by atoms with van der Waals surface area (Å²) >= 11 is 0. The lowest BCUT2D eigenvalue weighted by atomic mass is 10.2. The molecule has 0 aromatic heterocycles. The largest absolute Gasteiger partial charge is 0.479 e. The third-order valence-electron chi connectivity index (χ3n) is 2.56. The average molecular weight is 247 g/mol. The van der Waals surface area contributed by atoms with Gasteiger partial charge < -0.3 is 24.6 Å². The molecule has 1 saturated heterocycles. The summed E-state index contributed by atoms with van der Waals surface area (Å²) in [5.74, 6) is -1.38. The van der Waals surface area contributed by atoms with Crippen LogP contribution in [0, 0.1) is 0 Å². The molecule has 0 aromatic rings. The normalized spacial score (nSPS) is 23.9. The summed E-state index contributed by atoms with van der Waals surface area (Å²) in [5.41, 5.74) is 0. The second-order valence-electron chi connectivity index (χ2n) is 3.68. The summed E-state index contributed by atoms with van der Waals surface area (Å²) in [6.45, 7) is 0.198. The van der Waals surface area contributed by atoms with Crippen molar-refractivity contribution < 1.29 is 28.9 Å². The zero-order valence-corrected chi connectivity index (χ0v) is 9.84. The minimum Gasteiger partial charge on any atom is -0.479 e. The quantitative estimate of drug-likeness (QED) is 0.606. The Morgan fingerprint density at radius 3 is 2.41 bits per heavy atom. The number of carbonyl (C=O) groups is 2. The smallest absolute Gasteiger partial charge is 0.332 e. The molecule has 0 saturated carbocycles. The summed E-state index contributed by atoms with van der Waals surface area (Å²) < 4.78 is 14.9. The van der Waals surface area contributed by atoms with Crippen molar-refractivity contribution in [2.45, 2.75) is 31.3 Å². The molecule has 7 heteroatoms. The van der Waals surface area contributed by atoms with Gasteiger partial charge in [0.05, 0.1) is 6.54 Å². The van der Waals surface area contributed by atoms with E-state index in [0.29, 0.717) is 12.8 Å². The Morgan fingerprint density at radius 2 is 1.94 bits per heavy atom. The molecule has 17 heavy (non-hydrogen) atoms. The number of methoxy groups -OCH3 is 2. The van der Waals surface area contributed by atoms with E-state index in [4.69, 9.17) is 19.3 Å². The first-order valence-corrected chi connectivity index (χ1v) is 5.30. The lowest BCUT2D eigenvalue weighted by molar-refractivity contribution is -0.152. The minimum atomic E-state index is -1.04. The number of carboxylic acids is 1. The van der Waals surface area contributed by atoms with E-state index in [1.165, 1.54) is 14.2 Å². The Balaban J connectivity index is 2.32. The maximum absolute atomic E-state index is 11.6. The Bertz CT molecular complexity index is 278. The number of amides is 1. The predicted octanol–water partition coefficient (Wildman–Crippen LogP) is -0.646. The van der Waals surface area contributed by atoms with Gasteiger partial charge in [-0.15, -0.1) is 0 Å². The van der Waals surface area contributed by atoms with Gasteiger partial charge in [0.15, 0.2) is 12.4 Å². The third-order valence-corrected chi connectivity index (χ3v) is 2.56. The highest BCUT2D eigenvalue weighted by Crippen LogP contribution is 2.19. The molecule has 7 nitrogen and oxygen atoms in total. The molecule has 1 aliphatic rings. The highest BCUT2D eigenvalue weighted by Gasteiger charge is 2.34. The van der Waals surface area contributed by atoms with Gasteiger partial charge in [-0.2, -0.15) is 0 Å². The van der Waals surface area contributed by atoms with Crippen LogP contribution in [-0.2, 0) is 23.8 Å². The number of hydrogen-bond donors (Lipinski definition) is 2. The van der Waals surface area contributed by atoms with Crippen LogP contribution in [0.4, 0.5) is 0 Å². The number of aliphatic carboxylic acids is 1. The molecule has 0 bridgehead atoms. The van der Waals surface area contributed by atoms with Crippen molar-refractivity contribution >= 4 is 11.9 Å². The fraction of sp³-hybridized carbons (Fsp3) is 0.800. The van der Waals surface area contributed by atoms with Crippen LogP contribution in [0.15, 0.2) is 0 Å². The first kappa shape index (κ1) is 13.9. The van der Waals surface area contributed by atoms with Crippen LogP contribution in [-0.4, -0.2) is 56.2 Å². The first-order valence-electron chi connectivity index (χ1n) is 5.30. The van der Waals surface area contributed by atoms with Crippen molar-refractivity contribution in [2.24, 2.45) is 0 Å². The van der Waals surface area contributed by atoms with Gasteiger partial charge in [-0.05, 0) is 12.8 Å². The number of nitrogens with one attached hydrogen (secondary N) is 1. The maximum Gasteiger partial charge on any atom is 0.332 e. The molecule has 98 valence electrons. The lowest BCUT2D eigenvalue weighted by Crippen LogP contribution is -2.40. The van der Waals surface area contributed by atoms with Crippen molar-refractivity contribution in [1.29, 1.82) is 0 Å². The predicted molar refractivity (Wildman–Crippen MR) is 56.3 cm³/mol. The van der Waals surface area contributed by atoms with Crippen molar-refractivity contribution in [3.05, 3.63) is 0 Å². The third kappa shape index (κ3) is 3.95. The molecule has 0 spiro atoms. The first-order chi connectivity index (χ1) is 8.08. The molecule has 1 fully saturated rings. The topological polar surface area (TPSA) is 94.1 Å². The lowest BCUT2D eigenvalue weighted by Gasteiger charge is -2.16. The molecule has 2 atom stereocenters. The van der Waals surface area contributed by atoms with Crippen LogP contribution in [0.2, 0.25) is 0 Å². The molecule has 1 rings (SSSR count). The highest BCUT2D eigenvalue weighted by molar-refractivity contribution is 5.82. The molecule has 2 N–H and O–H groups in total. The zero-order chi connectivity index (χ0) is 12.8. The van der Waals surface area contributed by atoms with Gasteiger partial charge in [-0.3, -0.25) is 4.79 Å². The van der Waals surface area contributed by atoms with E-state index in [9.17, 15) is 9.59 Å². The van der Waals surface area contributed by atoms with Gasteiger partial charge in [0.25, 0.3) is 0 Å².